The fourth-order valence-corrected chi connectivity index (χ4v) is 3.39. The molecule has 23 heavy (non-hydrogen) atoms. The molecule has 1 aromatic rings. The smallest absolute Gasteiger partial charge is 0.336 e. The molecule has 0 spiro atoms. The zero-order chi connectivity index (χ0) is 18.2. The highest BCUT2D eigenvalue weighted by Gasteiger charge is 2.42. The number of aromatic carboxylic acids is 1. The quantitative estimate of drug-likeness (QED) is 0.588. The fourth-order valence-electron chi connectivity index (χ4n) is 1.85. The zero-order valence-electron chi connectivity index (χ0n) is 13.1. The number of aliphatic hydroxyl groups is 1. The van der Waals surface area contributed by atoms with Crippen molar-refractivity contribution >= 4 is 22.0 Å². The molecule has 0 aromatic heterocycles. The van der Waals surface area contributed by atoms with Gasteiger partial charge >= 0.3 is 11.9 Å². The van der Waals surface area contributed by atoms with Gasteiger partial charge in [0.1, 0.15) is 0 Å². The van der Waals surface area contributed by atoms with E-state index in [4.69, 9.17) is 5.11 Å². The molecule has 0 heterocycles. The van der Waals surface area contributed by atoms with Gasteiger partial charge in [-0.25, -0.2) is 13.2 Å². The van der Waals surface area contributed by atoms with Crippen molar-refractivity contribution in [2.45, 2.75) is 44.2 Å². The number of sulfonamides is 1. The molecule has 0 amide bonds. The number of hydrogen-bond acceptors (Lipinski definition) is 5. The fraction of sp³-hybridized carbons (Fsp3) is 0.429. The molecule has 1 aromatic carbocycles. The largest absolute Gasteiger partial charge is 0.480 e. The molecular weight excluding hydrogens is 326 g/mol. The summed E-state index contributed by atoms with van der Waals surface area (Å²) in [4.78, 5) is 22.1. The Morgan fingerprint density at radius 2 is 1.74 bits per heavy atom. The first-order valence-corrected chi connectivity index (χ1v) is 8.11. The molecule has 0 saturated carbocycles. The van der Waals surface area contributed by atoms with E-state index in [1.54, 1.807) is 13.8 Å². The van der Waals surface area contributed by atoms with Gasteiger partial charge in [0.15, 0.2) is 5.54 Å². The van der Waals surface area contributed by atoms with Crippen LogP contribution in [0.25, 0.3) is 0 Å². The monoisotopic (exact) mass is 345 g/mol. The number of nitrogens with one attached hydrogen (secondary N) is 1. The average Bonchev–Trinajstić information content (AvgIpc) is 2.39. The molecule has 0 bridgehead atoms. The average molecular weight is 345 g/mol. The number of aryl methyl sites for hydroxylation is 1. The van der Waals surface area contributed by atoms with Crippen LogP contribution < -0.4 is 4.72 Å². The highest BCUT2D eigenvalue weighted by molar-refractivity contribution is 7.89. The Morgan fingerprint density at radius 1 is 1.22 bits per heavy atom. The SMILES string of the molecule is Cc1cc(S(=O)(=O)NC(C)(C(=O)O)C(C)O)cc(C(=O)O)c1C. The summed E-state index contributed by atoms with van der Waals surface area (Å²) >= 11 is 0. The molecule has 0 saturated heterocycles. The van der Waals surface area contributed by atoms with Gasteiger partial charge in [-0.15, -0.1) is 0 Å². The van der Waals surface area contributed by atoms with E-state index in [0.717, 1.165) is 19.9 Å². The summed E-state index contributed by atoms with van der Waals surface area (Å²) in [5, 5.41) is 27.9. The Balaban J connectivity index is 3.46. The molecule has 1 rings (SSSR count). The van der Waals surface area contributed by atoms with Crippen molar-refractivity contribution in [1.82, 2.24) is 4.72 Å². The first-order valence-electron chi connectivity index (χ1n) is 6.63. The molecule has 0 aliphatic heterocycles. The summed E-state index contributed by atoms with van der Waals surface area (Å²) in [7, 11) is -4.36. The minimum Gasteiger partial charge on any atom is -0.480 e. The third kappa shape index (κ3) is 3.69. The maximum Gasteiger partial charge on any atom is 0.336 e. The zero-order valence-corrected chi connectivity index (χ0v) is 13.9. The van der Waals surface area contributed by atoms with E-state index in [1.165, 1.54) is 6.07 Å². The summed E-state index contributed by atoms with van der Waals surface area (Å²) in [6.45, 7) is 5.25. The van der Waals surface area contributed by atoms with Crippen LogP contribution in [0, 0.1) is 13.8 Å². The van der Waals surface area contributed by atoms with Gasteiger partial charge < -0.3 is 15.3 Å². The highest BCUT2D eigenvalue weighted by atomic mass is 32.2. The molecule has 8 nitrogen and oxygen atoms in total. The van der Waals surface area contributed by atoms with Gasteiger partial charge in [-0.2, -0.15) is 4.72 Å². The number of rotatable bonds is 6. The van der Waals surface area contributed by atoms with Crippen molar-refractivity contribution in [3.63, 3.8) is 0 Å². The van der Waals surface area contributed by atoms with Crippen LogP contribution in [0.15, 0.2) is 17.0 Å². The lowest BCUT2D eigenvalue weighted by atomic mass is 9.98. The van der Waals surface area contributed by atoms with Crippen LogP contribution in [0.3, 0.4) is 0 Å². The molecule has 0 aliphatic carbocycles. The van der Waals surface area contributed by atoms with Crippen LogP contribution >= 0.6 is 0 Å². The number of benzene rings is 1. The van der Waals surface area contributed by atoms with E-state index in [9.17, 15) is 28.2 Å². The lowest BCUT2D eigenvalue weighted by Gasteiger charge is -2.28. The van der Waals surface area contributed by atoms with Crippen LogP contribution in [0.4, 0.5) is 0 Å². The number of carboxylic acids is 2. The number of aliphatic carboxylic acids is 1. The van der Waals surface area contributed by atoms with Crippen molar-refractivity contribution < 1.29 is 33.3 Å². The molecule has 2 atom stereocenters. The molecule has 2 unspecified atom stereocenters. The van der Waals surface area contributed by atoms with E-state index < -0.39 is 33.6 Å². The summed E-state index contributed by atoms with van der Waals surface area (Å²) in [5.74, 6) is -2.85. The maximum atomic E-state index is 12.4. The van der Waals surface area contributed by atoms with Gasteiger partial charge in [0.2, 0.25) is 10.0 Å². The minimum absolute atomic E-state index is 0.195. The Bertz CT molecular complexity index is 755. The molecule has 0 fully saturated rings. The van der Waals surface area contributed by atoms with Gasteiger partial charge in [0, 0.05) is 0 Å². The van der Waals surface area contributed by atoms with Crippen molar-refractivity contribution in [3.8, 4) is 0 Å². The summed E-state index contributed by atoms with van der Waals surface area (Å²) < 4.78 is 26.8. The van der Waals surface area contributed by atoms with Crippen molar-refractivity contribution in [2.75, 3.05) is 0 Å². The predicted octanol–water partition coefficient (Wildman–Crippen LogP) is 0.504. The maximum absolute atomic E-state index is 12.4. The Kier molecular flexibility index (Phi) is 5.20. The van der Waals surface area contributed by atoms with E-state index >= 15 is 0 Å². The topological polar surface area (TPSA) is 141 Å². The number of carboxylic acid groups (broad SMARTS) is 2. The predicted molar refractivity (Wildman–Crippen MR) is 80.9 cm³/mol. The van der Waals surface area contributed by atoms with Crippen molar-refractivity contribution in [3.05, 3.63) is 28.8 Å². The summed E-state index contributed by atoms with van der Waals surface area (Å²) in [5.41, 5.74) is -1.51. The second-order valence-electron chi connectivity index (χ2n) is 5.51. The van der Waals surface area contributed by atoms with Gasteiger partial charge in [0.25, 0.3) is 0 Å². The van der Waals surface area contributed by atoms with E-state index in [2.05, 4.69) is 0 Å². The Hall–Kier alpha value is -1.97. The van der Waals surface area contributed by atoms with Crippen molar-refractivity contribution in [2.24, 2.45) is 0 Å². The van der Waals surface area contributed by atoms with E-state index in [0.29, 0.717) is 11.1 Å². The molecule has 9 heteroatoms. The summed E-state index contributed by atoms with van der Waals surface area (Å²) in [6, 6.07) is 2.20. The van der Waals surface area contributed by atoms with Gasteiger partial charge in [-0.05, 0) is 51.0 Å². The van der Waals surface area contributed by atoms with Crippen molar-refractivity contribution in [1.29, 1.82) is 0 Å². The van der Waals surface area contributed by atoms with Gasteiger partial charge in [-0.3, -0.25) is 4.79 Å². The van der Waals surface area contributed by atoms with Crippen LogP contribution in [-0.2, 0) is 14.8 Å². The Labute approximate surface area is 133 Å². The van der Waals surface area contributed by atoms with Crippen LogP contribution in [0.1, 0.15) is 35.3 Å². The standard InChI is InChI=1S/C14H19NO7S/c1-7-5-10(6-11(8(7)2)12(17)18)23(21,22)15-14(4,9(3)16)13(19)20/h5-6,9,15-16H,1-4H3,(H,17,18)(H,19,20). The van der Waals surface area contributed by atoms with E-state index in [-0.39, 0.29) is 10.5 Å². The molecular formula is C14H19NO7S. The Morgan fingerprint density at radius 3 is 2.13 bits per heavy atom. The first kappa shape index (κ1) is 19.1. The lowest BCUT2D eigenvalue weighted by Crippen LogP contribution is -2.58. The minimum atomic E-state index is -4.36. The van der Waals surface area contributed by atoms with Gasteiger partial charge in [-0.1, -0.05) is 0 Å². The van der Waals surface area contributed by atoms with E-state index in [1.807, 2.05) is 4.72 Å². The number of hydrogen-bond donors (Lipinski definition) is 4. The molecule has 0 radical (unpaired) electrons. The molecule has 128 valence electrons. The van der Waals surface area contributed by atoms with Crippen LogP contribution in [-0.4, -0.2) is 47.3 Å². The summed E-state index contributed by atoms with van der Waals surface area (Å²) in [6.07, 6.45) is -1.51. The highest BCUT2D eigenvalue weighted by Crippen LogP contribution is 2.22. The lowest BCUT2D eigenvalue weighted by molar-refractivity contribution is -0.147. The number of carbonyl (C=O) groups is 2. The van der Waals surface area contributed by atoms with Crippen LogP contribution in [0.2, 0.25) is 0 Å². The number of aliphatic hydroxyl groups excluding tert-OH is 1. The third-order valence-electron chi connectivity index (χ3n) is 3.81. The van der Waals surface area contributed by atoms with Gasteiger partial charge in [0.05, 0.1) is 16.6 Å². The normalized spacial score (nSPS) is 15.7. The second-order valence-corrected chi connectivity index (χ2v) is 7.19. The molecule has 0 aliphatic rings. The van der Waals surface area contributed by atoms with Crippen LogP contribution in [0.5, 0.6) is 0 Å². The second kappa shape index (κ2) is 6.26. The third-order valence-corrected chi connectivity index (χ3v) is 5.36. The first-order chi connectivity index (χ1) is 10.3. The molecule has 4 N–H and O–H groups in total.